The number of sulfonamides is 2. The molecule has 0 aliphatic heterocycles. The van der Waals surface area contributed by atoms with Gasteiger partial charge in [-0.2, -0.15) is 0 Å². The molecule has 2 fully saturated rings. The SMILES string of the molecule is CCC[I-]C.Cc1noc(C)c1-c1cc(-c2cccnc2-c2ccccc2)c2nc(NS(=O)(=O)C3CC3)[nH]c2c1.Cc1noc(C)c1-c1cc(I)c2nc(NS(=O)(=O)C3CC3)[nH]c2c1.OB(O)c1cccnc1-c1ccccc1. The molecule has 0 amide bonds. The van der Waals surface area contributed by atoms with Gasteiger partial charge in [-0.1, -0.05) is 83.1 Å². The van der Waals surface area contributed by atoms with Crippen LogP contribution in [-0.2, 0) is 20.0 Å². The molecule has 6 heterocycles. The molecule has 23 heteroatoms. The third-order valence-electron chi connectivity index (χ3n) is 12.9. The zero-order valence-electron chi connectivity index (χ0n) is 44.1. The maximum absolute atomic E-state index is 12.6. The Labute approximate surface area is 482 Å². The van der Waals surface area contributed by atoms with Gasteiger partial charge < -0.3 is 29.1 Å². The summed E-state index contributed by atoms with van der Waals surface area (Å²) in [5.41, 5.74) is 13.6. The standard InChI is InChI=1S/C26H23N5O3S.C15H15IN4O3S.C11H10BNO2.C4H10I/c1-15-23(16(2)34-30-15)18-13-21(20-9-6-12-27-24(20)17-7-4-3-5-8-17)25-22(14-18)28-26(29-25)31-35(32,33)19-10-11-19;1-7-13(8(2)23-19-7)9-5-11(16)14-12(6-9)17-15(18-14)20-24(21,22)10-3-4-10;14-12(15)10-7-4-8-13-11(10)9-5-2-1-3-6-9;1-3-4-5-2/h3-9,12-14,19H,10-11H2,1-2H3,(H2,28,29,31);5-6,10H,3-4H2,1-2H3,(H2,17,18,20);1-8,14-15H;3-4H2,1-2H3/q;;;-1. The molecule has 12 rings (SSSR count). The van der Waals surface area contributed by atoms with Crippen molar-refractivity contribution in [2.24, 2.45) is 0 Å². The number of hydrogen-bond donors (Lipinski definition) is 6. The van der Waals surface area contributed by atoms with Crippen LogP contribution in [0.15, 0.2) is 131 Å². The van der Waals surface area contributed by atoms with Crippen molar-refractivity contribution in [3.63, 3.8) is 0 Å². The molecule has 2 aliphatic rings. The number of nitrogens with zero attached hydrogens (tertiary/aromatic N) is 6. The number of fused-ring (bicyclic) bond motifs is 2. The van der Waals surface area contributed by atoms with Crippen molar-refractivity contribution < 1.29 is 57.1 Å². The van der Waals surface area contributed by atoms with Gasteiger partial charge in [0.25, 0.3) is 0 Å². The summed E-state index contributed by atoms with van der Waals surface area (Å²) < 4.78 is 67.6. The molecule has 0 unspecified atom stereocenters. The molecule has 0 atom stereocenters. The Balaban J connectivity index is 0.000000148. The van der Waals surface area contributed by atoms with Crippen molar-refractivity contribution in [1.29, 1.82) is 0 Å². The van der Waals surface area contributed by atoms with Crippen LogP contribution in [0.25, 0.3) is 78.0 Å². The predicted molar refractivity (Wildman–Crippen MR) is 315 cm³/mol. The molecular formula is C56H58BI2N10O8S2-. The van der Waals surface area contributed by atoms with Gasteiger partial charge in [0.05, 0.1) is 49.8 Å². The quantitative estimate of drug-likeness (QED) is 0.0353. The van der Waals surface area contributed by atoms with E-state index in [1.165, 1.54) is 10.8 Å². The fourth-order valence-corrected chi connectivity index (χ4v) is 13.3. The van der Waals surface area contributed by atoms with Crippen molar-refractivity contribution >= 4 is 89.2 Å². The Kier molecular flexibility index (Phi) is 18.0. The summed E-state index contributed by atoms with van der Waals surface area (Å²) in [5, 5.41) is 25.8. The van der Waals surface area contributed by atoms with Crippen molar-refractivity contribution in [2.45, 2.75) is 77.2 Å². The molecule has 2 saturated carbocycles. The van der Waals surface area contributed by atoms with E-state index in [-0.39, 0.29) is 22.4 Å². The van der Waals surface area contributed by atoms with E-state index in [1.807, 2.05) is 125 Å². The predicted octanol–water partition coefficient (Wildman–Crippen LogP) is 7.35. The van der Waals surface area contributed by atoms with E-state index < -0.39 is 27.2 Å². The van der Waals surface area contributed by atoms with Crippen LogP contribution in [0.5, 0.6) is 0 Å². The average Bonchev–Trinajstić information content (AvgIpc) is 4.50. The normalized spacial score (nSPS) is 13.2. The fourth-order valence-electron chi connectivity index (χ4n) is 8.87. The minimum atomic E-state index is -3.46. The second-order valence-corrected chi connectivity index (χ2v) is 26.6. The van der Waals surface area contributed by atoms with E-state index in [2.05, 4.69) is 84.1 Å². The molecule has 4 aromatic carbocycles. The molecule has 2 aliphatic carbocycles. The molecule has 79 heavy (non-hydrogen) atoms. The van der Waals surface area contributed by atoms with Crippen molar-refractivity contribution in [3.05, 3.63) is 148 Å². The monoisotopic (exact) mass is 1330 g/mol. The number of aryl methyl sites for hydroxylation is 4. The van der Waals surface area contributed by atoms with Gasteiger partial charge in [0.15, 0.2) is 0 Å². The topological polar surface area (TPSA) is 268 Å². The van der Waals surface area contributed by atoms with E-state index in [4.69, 9.17) is 9.05 Å². The molecular weight excluding hydrogens is 1270 g/mol. The van der Waals surface area contributed by atoms with Gasteiger partial charge in [0.2, 0.25) is 31.9 Å². The number of hydrogen-bond acceptors (Lipinski definition) is 14. The molecule has 0 bridgehead atoms. The van der Waals surface area contributed by atoms with E-state index in [0.29, 0.717) is 74.8 Å². The Morgan fingerprint density at radius 2 is 1.11 bits per heavy atom. The zero-order valence-corrected chi connectivity index (χ0v) is 50.1. The number of aromatic nitrogens is 8. The third kappa shape index (κ3) is 13.6. The first kappa shape index (κ1) is 57.2. The minimum absolute atomic E-state index is 0.203. The molecule has 6 N–H and O–H groups in total. The number of imidazole rings is 2. The zero-order chi connectivity index (χ0) is 56.0. The van der Waals surface area contributed by atoms with Gasteiger partial charge in [-0.15, -0.1) is 0 Å². The summed E-state index contributed by atoms with van der Waals surface area (Å²) in [7, 11) is -8.29. The van der Waals surface area contributed by atoms with Crippen molar-refractivity contribution in [2.75, 3.05) is 18.8 Å². The van der Waals surface area contributed by atoms with Crippen LogP contribution >= 0.6 is 22.6 Å². The molecule has 10 aromatic rings. The first-order valence-corrected chi connectivity index (χ1v) is 33.3. The van der Waals surface area contributed by atoms with Crippen molar-refractivity contribution in [1.82, 2.24) is 40.2 Å². The molecule has 410 valence electrons. The molecule has 0 radical (unpaired) electrons. The van der Waals surface area contributed by atoms with Gasteiger partial charge >= 0.3 is 51.0 Å². The second kappa shape index (κ2) is 24.9. The largest absolute Gasteiger partial charge is 0.490 e. The third-order valence-corrected chi connectivity index (χ3v) is 19.5. The van der Waals surface area contributed by atoms with Crippen LogP contribution in [0.4, 0.5) is 11.9 Å². The number of H-pyrrole nitrogens is 2. The Morgan fingerprint density at radius 1 is 0.633 bits per heavy atom. The number of benzene rings is 4. The van der Waals surface area contributed by atoms with Crippen LogP contribution in [-0.4, -0.2) is 94.1 Å². The van der Waals surface area contributed by atoms with E-state index in [9.17, 15) is 26.9 Å². The summed E-state index contributed by atoms with van der Waals surface area (Å²) in [5.74, 6) is 1.91. The number of anilines is 2. The van der Waals surface area contributed by atoms with Gasteiger partial charge in [-0.25, -0.2) is 26.8 Å². The molecule has 0 spiro atoms. The van der Waals surface area contributed by atoms with E-state index in [1.54, 1.807) is 24.5 Å². The summed E-state index contributed by atoms with van der Waals surface area (Å²) in [4.78, 5) is 26.4. The van der Waals surface area contributed by atoms with Crippen LogP contribution in [0.1, 0.15) is 61.9 Å². The first-order chi connectivity index (χ1) is 38.0. The van der Waals surface area contributed by atoms with Crippen LogP contribution in [0, 0.1) is 31.3 Å². The average molecular weight is 1330 g/mol. The second-order valence-electron chi connectivity index (χ2n) is 18.9. The first-order valence-electron chi connectivity index (χ1n) is 25.4. The number of pyridine rings is 2. The summed E-state index contributed by atoms with van der Waals surface area (Å²) in [6, 6.07) is 34.5. The number of alkyl halides is 2. The maximum Gasteiger partial charge on any atom is 0.490 e. The van der Waals surface area contributed by atoms with Gasteiger partial charge in [-0.05, 0) is 129 Å². The van der Waals surface area contributed by atoms with Gasteiger partial charge in [0, 0.05) is 49.2 Å². The Bertz CT molecular complexity index is 3940. The van der Waals surface area contributed by atoms with Gasteiger partial charge in [0.1, 0.15) is 17.0 Å². The number of halogens is 2. The van der Waals surface area contributed by atoms with Crippen LogP contribution in [0.3, 0.4) is 0 Å². The fraction of sp³-hybridized carbons (Fsp3) is 0.250. The van der Waals surface area contributed by atoms with Gasteiger partial charge in [-0.3, -0.25) is 19.4 Å². The Hall–Kier alpha value is -6.52. The number of aromatic amines is 2. The van der Waals surface area contributed by atoms with E-state index >= 15 is 0 Å². The summed E-state index contributed by atoms with van der Waals surface area (Å²) in [6.07, 6.45) is 7.56. The molecule has 0 saturated heterocycles. The van der Waals surface area contributed by atoms with Crippen LogP contribution in [0.2, 0.25) is 0 Å². The smallest absolute Gasteiger partial charge is 0.423 e. The minimum Gasteiger partial charge on any atom is -0.423 e. The summed E-state index contributed by atoms with van der Waals surface area (Å²) in [6.45, 7) is 9.78. The number of nitrogens with one attached hydrogen (secondary N) is 4. The van der Waals surface area contributed by atoms with Crippen LogP contribution < -0.4 is 36.1 Å². The number of rotatable bonds is 14. The summed E-state index contributed by atoms with van der Waals surface area (Å²) >= 11 is 2.80. The molecule has 18 nitrogen and oxygen atoms in total. The molecule has 6 aromatic heterocycles. The maximum atomic E-state index is 12.6. The van der Waals surface area contributed by atoms with E-state index in [0.717, 1.165) is 82.0 Å². The van der Waals surface area contributed by atoms with Crippen molar-refractivity contribution in [3.8, 4) is 55.9 Å². The Morgan fingerprint density at radius 3 is 1.58 bits per heavy atom.